The van der Waals surface area contributed by atoms with Gasteiger partial charge in [0.05, 0.1) is 17.1 Å². The van der Waals surface area contributed by atoms with E-state index in [-0.39, 0.29) is 10.9 Å². The Labute approximate surface area is 186 Å². The Balaban J connectivity index is 2.10. The summed E-state index contributed by atoms with van der Waals surface area (Å²) in [5.41, 5.74) is 2.97. The minimum Gasteiger partial charge on any atom is -0.361 e. The number of benzene rings is 1. The zero-order chi connectivity index (χ0) is 23.0. The zero-order valence-corrected chi connectivity index (χ0v) is 20.2. The van der Waals surface area contributed by atoms with Gasteiger partial charge in [0.25, 0.3) is 0 Å². The first-order valence-electron chi connectivity index (χ1n) is 10.8. The summed E-state index contributed by atoms with van der Waals surface area (Å²) in [6.45, 7) is 11.6. The minimum absolute atomic E-state index is 0.102. The maximum atomic E-state index is 12.6. The molecule has 1 aromatic heterocycles. The van der Waals surface area contributed by atoms with Gasteiger partial charge in [-0.2, -0.15) is 4.31 Å². The molecule has 0 aliphatic carbocycles. The van der Waals surface area contributed by atoms with Crippen molar-refractivity contribution in [2.45, 2.75) is 71.5 Å². The predicted octanol–water partition coefficient (Wildman–Crippen LogP) is 3.08. The second-order valence-corrected chi connectivity index (χ2v) is 9.54. The van der Waals surface area contributed by atoms with Gasteiger partial charge in [-0.1, -0.05) is 31.1 Å². The van der Waals surface area contributed by atoms with Crippen molar-refractivity contribution in [3.8, 4) is 0 Å². The van der Waals surface area contributed by atoms with Crippen LogP contribution in [0, 0.1) is 0 Å². The first-order chi connectivity index (χ1) is 14.7. The summed E-state index contributed by atoms with van der Waals surface area (Å²) in [6.07, 6.45) is 1.61. The van der Waals surface area contributed by atoms with E-state index >= 15 is 0 Å². The highest BCUT2D eigenvalue weighted by molar-refractivity contribution is 7.89. The number of rotatable bonds is 10. The molecule has 0 aliphatic heterocycles. The quantitative estimate of drug-likeness (QED) is 0.427. The number of hydrogen-bond donors (Lipinski definition) is 2. The predicted molar refractivity (Wildman–Crippen MR) is 123 cm³/mol. The smallest absolute Gasteiger partial charge is 0.243 e. The first-order valence-corrected chi connectivity index (χ1v) is 12.2. The topological polar surface area (TPSA) is 99.8 Å². The standard InChI is InChI=1S/C22H35N5O3S/c1-7-20-19(21(8-2)30-26-20)15-25-22(23-9-3)24-14-17-10-12-18(13-11-17)31(28,29)27(6)16(4)5/h10-13,16H,7-9,14-15H2,1-6H3,(H2,23,24,25). The van der Waals surface area contributed by atoms with Gasteiger partial charge in [-0.15, -0.1) is 0 Å². The summed E-state index contributed by atoms with van der Waals surface area (Å²) in [6, 6.07) is 6.78. The molecule has 172 valence electrons. The first kappa shape index (κ1) is 24.9. The number of guanidine groups is 1. The molecule has 0 spiro atoms. The van der Waals surface area contributed by atoms with Gasteiger partial charge in [0.2, 0.25) is 10.0 Å². The van der Waals surface area contributed by atoms with Crippen molar-refractivity contribution in [2.75, 3.05) is 13.6 Å². The van der Waals surface area contributed by atoms with E-state index < -0.39 is 10.0 Å². The summed E-state index contributed by atoms with van der Waals surface area (Å²) in [4.78, 5) is 4.92. The summed E-state index contributed by atoms with van der Waals surface area (Å²) >= 11 is 0. The van der Waals surface area contributed by atoms with Gasteiger partial charge in [0, 0.05) is 38.2 Å². The monoisotopic (exact) mass is 449 g/mol. The molecule has 2 aromatic rings. The number of aryl methyl sites for hydroxylation is 2. The molecule has 9 heteroatoms. The largest absolute Gasteiger partial charge is 0.361 e. The number of aliphatic imine (C=N–C) groups is 1. The molecule has 0 saturated heterocycles. The average Bonchev–Trinajstić information content (AvgIpc) is 3.17. The number of sulfonamides is 1. The molecule has 2 N–H and O–H groups in total. The van der Waals surface area contributed by atoms with Gasteiger partial charge >= 0.3 is 0 Å². The van der Waals surface area contributed by atoms with Crippen LogP contribution in [0.25, 0.3) is 0 Å². The molecule has 0 bridgehead atoms. The average molecular weight is 450 g/mol. The molecule has 0 aliphatic rings. The zero-order valence-electron chi connectivity index (χ0n) is 19.4. The molecule has 2 rings (SSSR count). The van der Waals surface area contributed by atoms with E-state index in [9.17, 15) is 8.42 Å². The molecule has 1 aromatic carbocycles. The molecule has 0 fully saturated rings. The fourth-order valence-electron chi connectivity index (χ4n) is 3.03. The molecule has 31 heavy (non-hydrogen) atoms. The lowest BCUT2D eigenvalue weighted by Gasteiger charge is -2.21. The van der Waals surface area contributed by atoms with Gasteiger partial charge < -0.3 is 15.2 Å². The van der Waals surface area contributed by atoms with Crippen LogP contribution < -0.4 is 10.6 Å². The van der Waals surface area contributed by atoms with Crippen LogP contribution in [0.1, 0.15) is 57.2 Å². The van der Waals surface area contributed by atoms with Crippen molar-refractivity contribution in [3.63, 3.8) is 0 Å². The molecule has 0 unspecified atom stereocenters. The second kappa shape index (κ2) is 11.3. The van der Waals surface area contributed by atoms with Crippen molar-refractivity contribution in [3.05, 3.63) is 46.8 Å². The van der Waals surface area contributed by atoms with Crippen molar-refractivity contribution >= 4 is 16.0 Å². The van der Waals surface area contributed by atoms with E-state index in [1.807, 2.05) is 27.7 Å². The summed E-state index contributed by atoms with van der Waals surface area (Å²) in [5.74, 6) is 1.58. The van der Waals surface area contributed by atoms with E-state index in [0.717, 1.165) is 42.0 Å². The Hall–Kier alpha value is -2.39. The lowest BCUT2D eigenvalue weighted by molar-refractivity contribution is 0.380. The Morgan fingerprint density at radius 2 is 1.81 bits per heavy atom. The third-order valence-electron chi connectivity index (χ3n) is 5.13. The van der Waals surface area contributed by atoms with Crippen molar-refractivity contribution in [1.29, 1.82) is 0 Å². The summed E-state index contributed by atoms with van der Waals surface area (Å²) in [5, 5.41) is 10.7. The molecular formula is C22H35N5O3S. The Kier molecular flexibility index (Phi) is 9.06. The highest BCUT2D eigenvalue weighted by Crippen LogP contribution is 2.18. The van der Waals surface area contributed by atoms with E-state index in [2.05, 4.69) is 27.7 Å². The van der Waals surface area contributed by atoms with Gasteiger partial charge in [0.1, 0.15) is 5.76 Å². The van der Waals surface area contributed by atoms with Gasteiger partial charge in [-0.3, -0.25) is 0 Å². The van der Waals surface area contributed by atoms with Crippen LogP contribution in [-0.4, -0.2) is 43.5 Å². The van der Waals surface area contributed by atoms with Crippen LogP contribution in [0.2, 0.25) is 0 Å². The van der Waals surface area contributed by atoms with E-state index in [1.54, 1.807) is 31.3 Å². The maximum absolute atomic E-state index is 12.6. The highest BCUT2D eigenvalue weighted by Gasteiger charge is 2.22. The van der Waals surface area contributed by atoms with Crippen LogP contribution in [0.3, 0.4) is 0 Å². The van der Waals surface area contributed by atoms with Gasteiger partial charge in [-0.05, 0) is 44.9 Å². The molecule has 0 saturated carbocycles. The van der Waals surface area contributed by atoms with Crippen LogP contribution in [0.4, 0.5) is 0 Å². The van der Waals surface area contributed by atoms with Crippen LogP contribution in [0.15, 0.2) is 38.7 Å². The second-order valence-electron chi connectivity index (χ2n) is 7.55. The summed E-state index contributed by atoms with van der Waals surface area (Å²) < 4.78 is 32.0. The Morgan fingerprint density at radius 1 is 1.13 bits per heavy atom. The highest BCUT2D eigenvalue weighted by atomic mass is 32.2. The van der Waals surface area contributed by atoms with Crippen LogP contribution in [0.5, 0.6) is 0 Å². The number of hydrogen-bond acceptors (Lipinski definition) is 5. The molecular weight excluding hydrogens is 414 g/mol. The molecule has 1 heterocycles. The van der Waals surface area contributed by atoms with E-state index in [0.29, 0.717) is 19.0 Å². The third-order valence-corrected chi connectivity index (χ3v) is 7.18. The molecule has 0 radical (unpaired) electrons. The normalized spacial score (nSPS) is 12.6. The molecule has 0 amide bonds. The number of nitrogens with one attached hydrogen (secondary N) is 2. The van der Waals surface area contributed by atoms with E-state index in [4.69, 9.17) is 4.52 Å². The van der Waals surface area contributed by atoms with E-state index in [1.165, 1.54) is 4.31 Å². The van der Waals surface area contributed by atoms with Crippen molar-refractivity contribution in [2.24, 2.45) is 4.99 Å². The third kappa shape index (κ3) is 6.30. The van der Waals surface area contributed by atoms with Gasteiger partial charge in [-0.25, -0.2) is 13.4 Å². The molecule has 0 atom stereocenters. The summed E-state index contributed by atoms with van der Waals surface area (Å²) in [7, 11) is -1.89. The van der Waals surface area contributed by atoms with Crippen molar-refractivity contribution < 1.29 is 12.9 Å². The number of aromatic nitrogens is 1. The fourth-order valence-corrected chi connectivity index (χ4v) is 4.40. The van der Waals surface area contributed by atoms with Crippen LogP contribution in [-0.2, 0) is 36.0 Å². The number of nitrogens with zero attached hydrogens (tertiary/aromatic N) is 3. The van der Waals surface area contributed by atoms with Crippen LogP contribution >= 0.6 is 0 Å². The minimum atomic E-state index is -3.48. The maximum Gasteiger partial charge on any atom is 0.243 e. The SMILES string of the molecule is CCNC(=NCc1ccc(S(=O)(=O)N(C)C(C)C)cc1)NCc1c(CC)noc1CC. The van der Waals surface area contributed by atoms with Crippen molar-refractivity contribution in [1.82, 2.24) is 20.1 Å². The lowest BCUT2D eigenvalue weighted by atomic mass is 10.1. The Bertz CT molecular complexity index is 944. The van der Waals surface area contributed by atoms with Gasteiger partial charge in [0.15, 0.2) is 5.96 Å². The Morgan fingerprint density at radius 3 is 2.35 bits per heavy atom. The lowest BCUT2D eigenvalue weighted by Crippen LogP contribution is -2.37. The fraction of sp³-hybridized carbons (Fsp3) is 0.545. The molecule has 8 nitrogen and oxygen atoms in total.